The van der Waals surface area contributed by atoms with E-state index in [9.17, 15) is 4.79 Å². The van der Waals surface area contributed by atoms with E-state index in [1.807, 2.05) is 11.5 Å². The molecular weight excluding hydrogens is 376 g/mol. The number of thioether (sulfide) groups is 1. The highest BCUT2D eigenvalue weighted by molar-refractivity contribution is 7.99. The van der Waals surface area contributed by atoms with Crippen molar-refractivity contribution < 1.29 is 14.3 Å². The molecule has 0 aliphatic rings. The number of methoxy groups -OCH3 is 2. The molecule has 26 heavy (non-hydrogen) atoms. The molecule has 1 aromatic carbocycles. The first kappa shape index (κ1) is 20.4. The highest BCUT2D eigenvalue weighted by Crippen LogP contribution is 2.36. The van der Waals surface area contributed by atoms with Crippen LogP contribution in [0.5, 0.6) is 11.5 Å². The molecule has 7 nitrogen and oxygen atoms in total. The number of aromatic nitrogens is 3. The van der Waals surface area contributed by atoms with Crippen LogP contribution in [0, 0.1) is 0 Å². The third-order valence-electron chi connectivity index (χ3n) is 3.66. The zero-order valence-electron chi connectivity index (χ0n) is 15.5. The standard InChI is InChI=1S/C17H23ClN4O3S/c1-6-22-16(10(2)3)20-21-17(22)26-9-15(23)19-12-8-13(24-4)11(18)7-14(12)25-5/h7-8,10H,6,9H2,1-5H3,(H,19,23). The van der Waals surface area contributed by atoms with Gasteiger partial charge in [-0.25, -0.2) is 0 Å². The molecule has 0 aliphatic heterocycles. The maximum absolute atomic E-state index is 12.4. The van der Waals surface area contributed by atoms with Crippen molar-refractivity contribution in [3.05, 3.63) is 23.0 Å². The summed E-state index contributed by atoms with van der Waals surface area (Å²) in [4.78, 5) is 12.4. The van der Waals surface area contributed by atoms with Crippen molar-refractivity contribution in [2.24, 2.45) is 0 Å². The van der Waals surface area contributed by atoms with Gasteiger partial charge in [-0.05, 0) is 6.92 Å². The van der Waals surface area contributed by atoms with E-state index in [2.05, 4.69) is 29.4 Å². The molecule has 0 unspecified atom stereocenters. The SMILES string of the molecule is CCn1c(SCC(=O)Nc2cc(OC)c(Cl)cc2OC)nnc1C(C)C. The lowest BCUT2D eigenvalue weighted by Gasteiger charge is -2.13. The Morgan fingerprint density at radius 2 is 1.96 bits per heavy atom. The van der Waals surface area contributed by atoms with Crippen LogP contribution in [-0.4, -0.2) is 40.6 Å². The summed E-state index contributed by atoms with van der Waals surface area (Å²) in [6.45, 7) is 6.92. The molecule has 1 amide bonds. The first-order valence-electron chi connectivity index (χ1n) is 8.18. The Kier molecular flexibility index (Phi) is 7.16. The highest BCUT2D eigenvalue weighted by Gasteiger charge is 2.17. The van der Waals surface area contributed by atoms with Crippen molar-refractivity contribution in [2.75, 3.05) is 25.3 Å². The minimum Gasteiger partial charge on any atom is -0.495 e. The van der Waals surface area contributed by atoms with Crippen LogP contribution in [0.25, 0.3) is 0 Å². The lowest BCUT2D eigenvalue weighted by atomic mass is 10.2. The van der Waals surface area contributed by atoms with Crippen LogP contribution in [0.4, 0.5) is 5.69 Å². The number of halogens is 1. The van der Waals surface area contributed by atoms with Crippen LogP contribution in [0.15, 0.2) is 17.3 Å². The Morgan fingerprint density at radius 1 is 1.27 bits per heavy atom. The summed E-state index contributed by atoms with van der Waals surface area (Å²) in [6.07, 6.45) is 0. The number of carbonyl (C=O) groups excluding carboxylic acids is 1. The number of benzene rings is 1. The maximum atomic E-state index is 12.4. The van der Waals surface area contributed by atoms with E-state index in [1.165, 1.54) is 26.0 Å². The van der Waals surface area contributed by atoms with Gasteiger partial charge in [0.2, 0.25) is 5.91 Å². The molecule has 0 fully saturated rings. The topological polar surface area (TPSA) is 78.3 Å². The molecule has 2 rings (SSSR count). The second-order valence-corrected chi connectivity index (χ2v) is 7.11. The molecular formula is C17H23ClN4O3S. The Balaban J connectivity index is 2.08. The molecule has 0 saturated heterocycles. The van der Waals surface area contributed by atoms with Crippen molar-refractivity contribution in [1.29, 1.82) is 0 Å². The van der Waals surface area contributed by atoms with Gasteiger partial charge in [0.05, 0.1) is 30.7 Å². The van der Waals surface area contributed by atoms with E-state index < -0.39 is 0 Å². The number of nitrogens with one attached hydrogen (secondary N) is 1. The van der Waals surface area contributed by atoms with Crippen LogP contribution >= 0.6 is 23.4 Å². The molecule has 0 bridgehead atoms. The first-order valence-corrected chi connectivity index (χ1v) is 9.54. The normalized spacial score (nSPS) is 10.9. The molecule has 142 valence electrons. The van der Waals surface area contributed by atoms with E-state index in [0.717, 1.165) is 17.5 Å². The number of rotatable bonds is 8. The minimum absolute atomic E-state index is 0.186. The third kappa shape index (κ3) is 4.62. The van der Waals surface area contributed by atoms with Crippen LogP contribution in [0.1, 0.15) is 32.5 Å². The van der Waals surface area contributed by atoms with Gasteiger partial charge in [-0.1, -0.05) is 37.2 Å². The van der Waals surface area contributed by atoms with Gasteiger partial charge in [0.25, 0.3) is 0 Å². The summed E-state index contributed by atoms with van der Waals surface area (Å²) in [7, 11) is 3.03. The number of anilines is 1. The van der Waals surface area contributed by atoms with Crippen LogP contribution in [0.3, 0.4) is 0 Å². The fourth-order valence-electron chi connectivity index (χ4n) is 2.41. The minimum atomic E-state index is -0.186. The Morgan fingerprint density at radius 3 is 2.54 bits per heavy atom. The van der Waals surface area contributed by atoms with E-state index in [0.29, 0.717) is 22.2 Å². The summed E-state index contributed by atoms with van der Waals surface area (Å²) in [5.74, 6) is 2.13. The lowest BCUT2D eigenvalue weighted by molar-refractivity contribution is -0.113. The van der Waals surface area contributed by atoms with Gasteiger partial charge in [0, 0.05) is 24.6 Å². The van der Waals surface area contributed by atoms with Gasteiger partial charge in [-0.15, -0.1) is 10.2 Å². The van der Waals surface area contributed by atoms with E-state index in [1.54, 1.807) is 12.1 Å². The Hall–Kier alpha value is -1.93. The van der Waals surface area contributed by atoms with E-state index in [-0.39, 0.29) is 17.6 Å². The average molecular weight is 399 g/mol. The number of ether oxygens (including phenoxy) is 2. The molecule has 0 radical (unpaired) electrons. The summed E-state index contributed by atoms with van der Waals surface area (Å²) in [6, 6.07) is 3.24. The number of nitrogens with zero attached hydrogens (tertiary/aromatic N) is 3. The summed E-state index contributed by atoms with van der Waals surface area (Å²) >= 11 is 7.42. The van der Waals surface area contributed by atoms with Gasteiger partial charge in [-0.2, -0.15) is 0 Å². The zero-order chi connectivity index (χ0) is 19.3. The highest BCUT2D eigenvalue weighted by atomic mass is 35.5. The molecule has 2 aromatic rings. The molecule has 0 aliphatic carbocycles. The molecule has 9 heteroatoms. The Labute approximate surface area is 162 Å². The molecule has 0 atom stereocenters. The second-order valence-electron chi connectivity index (χ2n) is 5.76. The van der Waals surface area contributed by atoms with Crippen LogP contribution < -0.4 is 14.8 Å². The third-order valence-corrected chi connectivity index (χ3v) is 4.92. The van der Waals surface area contributed by atoms with Gasteiger partial charge < -0.3 is 19.4 Å². The smallest absolute Gasteiger partial charge is 0.234 e. The van der Waals surface area contributed by atoms with E-state index >= 15 is 0 Å². The van der Waals surface area contributed by atoms with Crippen molar-refractivity contribution in [3.63, 3.8) is 0 Å². The van der Waals surface area contributed by atoms with Crippen molar-refractivity contribution in [3.8, 4) is 11.5 Å². The van der Waals surface area contributed by atoms with E-state index in [4.69, 9.17) is 21.1 Å². The summed E-state index contributed by atoms with van der Waals surface area (Å²) in [5.41, 5.74) is 0.499. The molecule has 1 heterocycles. The second kappa shape index (κ2) is 9.14. The predicted octanol–water partition coefficient (Wildman–Crippen LogP) is 3.82. The average Bonchev–Trinajstić information content (AvgIpc) is 3.04. The fraction of sp³-hybridized carbons (Fsp3) is 0.471. The number of amides is 1. The van der Waals surface area contributed by atoms with Gasteiger partial charge in [0.15, 0.2) is 5.16 Å². The van der Waals surface area contributed by atoms with Crippen molar-refractivity contribution >= 4 is 35.0 Å². The van der Waals surface area contributed by atoms with Crippen LogP contribution in [-0.2, 0) is 11.3 Å². The monoisotopic (exact) mass is 398 g/mol. The maximum Gasteiger partial charge on any atom is 0.234 e. The number of hydrogen-bond donors (Lipinski definition) is 1. The molecule has 0 spiro atoms. The van der Waals surface area contributed by atoms with Crippen LogP contribution in [0.2, 0.25) is 5.02 Å². The zero-order valence-corrected chi connectivity index (χ0v) is 17.1. The summed E-state index contributed by atoms with van der Waals surface area (Å²) < 4.78 is 12.5. The van der Waals surface area contributed by atoms with Crippen molar-refractivity contribution in [2.45, 2.75) is 38.4 Å². The van der Waals surface area contributed by atoms with Gasteiger partial charge in [0.1, 0.15) is 17.3 Å². The van der Waals surface area contributed by atoms with Gasteiger partial charge in [-0.3, -0.25) is 4.79 Å². The fourth-order valence-corrected chi connectivity index (χ4v) is 3.45. The number of carbonyl (C=O) groups is 1. The van der Waals surface area contributed by atoms with Gasteiger partial charge >= 0.3 is 0 Å². The Bertz CT molecular complexity index is 780. The molecule has 1 N–H and O–H groups in total. The first-order chi connectivity index (χ1) is 12.4. The van der Waals surface area contributed by atoms with Crippen molar-refractivity contribution in [1.82, 2.24) is 14.8 Å². The molecule has 0 saturated carbocycles. The quantitative estimate of drug-likeness (QED) is 0.681. The predicted molar refractivity (Wildman–Crippen MR) is 104 cm³/mol. The summed E-state index contributed by atoms with van der Waals surface area (Å²) in [5, 5.41) is 12.4. The lowest BCUT2D eigenvalue weighted by Crippen LogP contribution is -2.15. The molecule has 1 aromatic heterocycles. The number of hydrogen-bond acceptors (Lipinski definition) is 6. The largest absolute Gasteiger partial charge is 0.495 e.